The first-order valence-electron chi connectivity index (χ1n) is 7.29. The highest BCUT2D eigenvalue weighted by Gasteiger charge is 2.34. The molecular weight excluding hydrogens is 360 g/mol. The molecule has 5 heteroatoms. The molecule has 4 nitrogen and oxygen atoms in total. The van der Waals surface area contributed by atoms with Gasteiger partial charge in [0.25, 0.3) is 0 Å². The molecule has 3 rings (SSSR count). The van der Waals surface area contributed by atoms with E-state index >= 15 is 0 Å². The van der Waals surface area contributed by atoms with Gasteiger partial charge >= 0.3 is 0 Å². The molecule has 0 atom stereocenters. The monoisotopic (exact) mass is 376 g/mol. The van der Waals surface area contributed by atoms with E-state index in [-0.39, 0.29) is 34.0 Å². The summed E-state index contributed by atoms with van der Waals surface area (Å²) in [5.74, 6) is -0.685. The van der Waals surface area contributed by atoms with Crippen LogP contribution in [0.5, 0.6) is 11.5 Å². The van der Waals surface area contributed by atoms with Crippen molar-refractivity contribution in [2.45, 2.75) is 26.7 Å². The Bertz CT molecular complexity index is 865. The Morgan fingerprint density at radius 3 is 2.39 bits per heavy atom. The standard InChI is InChI=1S/C18H17BrO4/c1-18(2)7-14(21)16(15(22)8-18)12-6-13(20)17(23)10-4-3-9(19)5-11(10)12/h3-6,20-21,23H,7-8H2,1-2H3. The maximum atomic E-state index is 12.6. The van der Waals surface area contributed by atoms with E-state index in [0.29, 0.717) is 29.2 Å². The van der Waals surface area contributed by atoms with Crippen LogP contribution in [0.3, 0.4) is 0 Å². The van der Waals surface area contributed by atoms with Crippen molar-refractivity contribution < 1.29 is 20.1 Å². The number of benzene rings is 2. The van der Waals surface area contributed by atoms with Gasteiger partial charge in [-0.3, -0.25) is 4.79 Å². The van der Waals surface area contributed by atoms with Crippen LogP contribution in [0.15, 0.2) is 34.5 Å². The molecule has 0 bridgehead atoms. The summed E-state index contributed by atoms with van der Waals surface area (Å²) < 4.78 is 0.778. The Labute approximate surface area is 142 Å². The lowest BCUT2D eigenvalue weighted by Crippen LogP contribution is -2.25. The molecule has 2 aromatic rings. The zero-order valence-electron chi connectivity index (χ0n) is 12.9. The number of rotatable bonds is 1. The molecule has 0 saturated carbocycles. The van der Waals surface area contributed by atoms with Crippen LogP contribution >= 0.6 is 15.9 Å². The third-order valence-electron chi connectivity index (χ3n) is 4.17. The second kappa shape index (κ2) is 5.27. The van der Waals surface area contributed by atoms with Crippen molar-refractivity contribution in [3.05, 3.63) is 40.1 Å². The maximum Gasteiger partial charge on any atom is 0.167 e. The number of ketones is 1. The zero-order valence-corrected chi connectivity index (χ0v) is 14.4. The van der Waals surface area contributed by atoms with Crippen LogP contribution in [0.1, 0.15) is 32.3 Å². The third kappa shape index (κ3) is 2.70. The summed E-state index contributed by atoms with van der Waals surface area (Å²) in [6, 6.07) is 6.50. The fourth-order valence-electron chi connectivity index (χ4n) is 3.17. The fourth-order valence-corrected chi connectivity index (χ4v) is 3.53. The number of phenolic OH excluding ortho intramolecular Hbond substituents is 2. The number of carbonyl (C=O) groups is 1. The van der Waals surface area contributed by atoms with E-state index in [0.717, 1.165) is 4.47 Å². The highest BCUT2D eigenvalue weighted by Crippen LogP contribution is 2.45. The lowest BCUT2D eigenvalue weighted by Gasteiger charge is -2.30. The summed E-state index contributed by atoms with van der Waals surface area (Å²) in [6.45, 7) is 3.86. The summed E-state index contributed by atoms with van der Waals surface area (Å²) >= 11 is 3.37. The van der Waals surface area contributed by atoms with E-state index in [2.05, 4.69) is 15.9 Å². The van der Waals surface area contributed by atoms with Gasteiger partial charge in [-0.25, -0.2) is 0 Å². The molecular formula is C18H17BrO4. The minimum absolute atomic E-state index is 0.0256. The van der Waals surface area contributed by atoms with Crippen molar-refractivity contribution in [2.75, 3.05) is 0 Å². The molecule has 0 aliphatic heterocycles. The van der Waals surface area contributed by atoms with Gasteiger partial charge in [0.1, 0.15) is 5.76 Å². The molecule has 23 heavy (non-hydrogen) atoms. The van der Waals surface area contributed by atoms with Crippen LogP contribution in [-0.2, 0) is 4.79 Å². The molecule has 0 radical (unpaired) electrons. The van der Waals surface area contributed by atoms with E-state index in [1.165, 1.54) is 6.07 Å². The number of aromatic hydroxyl groups is 2. The van der Waals surface area contributed by atoms with E-state index in [9.17, 15) is 20.1 Å². The molecule has 0 amide bonds. The number of hydrogen-bond acceptors (Lipinski definition) is 4. The predicted molar refractivity (Wildman–Crippen MR) is 92.5 cm³/mol. The fraction of sp³-hybridized carbons (Fsp3) is 0.278. The minimum Gasteiger partial charge on any atom is -0.512 e. The van der Waals surface area contributed by atoms with Gasteiger partial charge in [0.05, 0.1) is 5.57 Å². The summed E-state index contributed by atoms with van der Waals surface area (Å²) in [6.07, 6.45) is 0.717. The average Bonchev–Trinajstić information content (AvgIpc) is 2.42. The number of Topliss-reactive ketones (excluding diaryl/α,β-unsaturated/α-hetero) is 1. The number of aliphatic hydroxyl groups excluding tert-OH is 1. The van der Waals surface area contributed by atoms with Crippen LogP contribution in [0, 0.1) is 5.41 Å². The Morgan fingerprint density at radius 2 is 1.74 bits per heavy atom. The quantitative estimate of drug-likeness (QED) is 0.631. The van der Waals surface area contributed by atoms with Gasteiger partial charge in [-0.05, 0) is 35.1 Å². The van der Waals surface area contributed by atoms with E-state index in [1.807, 2.05) is 13.8 Å². The first kappa shape index (κ1) is 15.9. The lowest BCUT2D eigenvalue weighted by atomic mass is 9.74. The van der Waals surface area contributed by atoms with Gasteiger partial charge in [0, 0.05) is 28.3 Å². The Kier molecular flexibility index (Phi) is 3.64. The highest BCUT2D eigenvalue weighted by atomic mass is 79.9. The van der Waals surface area contributed by atoms with Crippen LogP contribution in [0.2, 0.25) is 0 Å². The molecule has 1 aliphatic rings. The Hall–Kier alpha value is -2.01. The number of fused-ring (bicyclic) bond motifs is 1. The third-order valence-corrected chi connectivity index (χ3v) is 4.67. The molecule has 0 fully saturated rings. The number of allylic oxidation sites excluding steroid dienone is 2. The largest absolute Gasteiger partial charge is 0.512 e. The van der Waals surface area contributed by atoms with Crippen LogP contribution < -0.4 is 0 Å². The molecule has 120 valence electrons. The molecule has 0 heterocycles. The summed E-state index contributed by atoms with van der Waals surface area (Å²) in [4.78, 5) is 12.6. The Morgan fingerprint density at radius 1 is 1.04 bits per heavy atom. The predicted octanol–water partition coefficient (Wildman–Crippen LogP) is 4.67. The van der Waals surface area contributed by atoms with Crippen LogP contribution in [0.4, 0.5) is 0 Å². The number of hydrogen-bond donors (Lipinski definition) is 3. The van der Waals surface area contributed by atoms with Gasteiger partial charge in [-0.15, -0.1) is 0 Å². The topological polar surface area (TPSA) is 77.8 Å². The van der Waals surface area contributed by atoms with Crippen molar-refractivity contribution in [3.63, 3.8) is 0 Å². The van der Waals surface area contributed by atoms with Crippen molar-refractivity contribution >= 4 is 38.1 Å². The second-order valence-corrected chi connectivity index (χ2v) is 7.66. The van der Waals surface area contributed by atoms with Gasteiger partial charge < -0.3 is 15.3 Å². The number of aliphatic hydroxyl groups is 1. The molecule has 0 spiro atoms. The molecule has 0 aromatic heterocycles. The molecule has 2 aromatic carbocycles. The summed E-state index contributed by atoms with van der Waals surface area (Å²) in [5, 5.41) is 31.5. The summed E-state index contributed by atoms with van der Waals surface area (Å²) in [5.41, 5.74) is 0.373. The van der Waals surface area contributed by atoms with Crippen molar-refractivity contribution in [3.8, 4) is 11.5 Å². The van der Waals surface area contributed by atoms with Gasteiger partial charge in [0.2, 0.25) is 0 Å². The molecule has 0 unspecified atom stereocenters. The second-order valence-electron chi connectivity index (χ2n) is 6.74. The van der Waals surface area contributed by atoms with Gasteiger partial charge in [-0.2, -0.15) is 0 Å². The summed E-state index contributed by atoms with van der Waals surface area (Å²) in [7, 11) is 0. The van der Waals surface area contributed by atoms with E-state index < -0.39 is 0 Å². The maximum absolute atomic E-state index is 12.6. The normalized spacial score (nSPS) is 17.8. The Balaban J connectivity index is 2.34. The van der Waals surface area contributed by atoms with Gasteiger partial charge in [0.15, 0.2) is 17.3 Å². The van der Waals surface area contributed by atoms with Crippen LogP contribution in [0.25, 0.3) is 16.3 Å². The highest BCUT2D eigenvalue weighted by molar-refractivity contribution is 9.10. The number of carbonyl (C=O) groups excluding carboxylic acids is 1. The first-order chi connectivity index (χ1) is 10.7. The molecule has 3 N–H and O–H groups in total. The van der Waals surface area contributed by atoms with E-state index in [4.69, 9.17) is 0 Å². The average molecular weight is 377 g/mol. The van der Waals surface area contributed by atoms with Crippen molar-refractivity contribution in [1.29, 1.82) is 0 Å². The lowest BCUT2D eigenvalue weighted by molar-refractivity contribution is -0.116. The van der Waals surface area contributed by atoms with Crippen molar-refractivity contribution in [1.82, 2.24) is 0 Å². The zero-order chi connectivity index (χ0) is 16.9. The van der Waals surface area contributed by atoms with E-state index in [1.54, 1.807) is 18.2 Å². The molecule has 0 saturated heterocycles. The molecule has 1 aliphatic carbocycles. The first-order valence-corrected chi connectivity index (χ1v) is 8.09. The van der Waals surface area contributed by atoms with Crippen molar-refractivity contribution in [2.24, 2.45) is 5.41 Å². The van der Waals surface area contributed by atoms with Crippen LogP contribution in [-0.4, -0.2) is 21.1 Å². The smallest absolute Gasteiger partial charge is 0.167 e. The van der Waals surface area contributed by atoms with Gasteiger partial charge in [-0.1, -0.05) is 29.8 Å². The minimum atomic E-state index is -0.312. The SMILES string of the molecule is CC1(C)CC(=O)C(c2cc(O)c(O)c3ccc(Br)cc23)=C(O)C1. The number of halogens is 1. The number of phenols is 2.